The SMILES string of the molecule is CCN(CC(=O)NC)C(=O)c1ccc(N)c(Cl)c1. The van der Waals surface area contributed by atoms with Gasteiger partial charge in [-0.2, -0.15) is 0 Å². The van der Waals surface area contributed by atoms with Gasteiger partial charge >= 0.3 is 0 Å². The molecule has 0 unspecified atom stereocenters. The molecule has 0 aliphatic rings. The summed E-state index contributed by atoms with van der Waals surface area (Å²) in [5, 5.41) is 2.81. The zero-order valence-corrected chi connectivity index (χ0v) is 11.1. The van der Waals surface area contributed by atoms with Gasteiger partial charge in [0.2, 0.25) is 5.91 Å². The van der Waals surface area contributed by atoms with Crippen molar-refractivity contribution in [1.82, 2.24) is 10.2 Å². The van der Waals surface area contributed by atoms with Crippen LogP contribution in [-0.2, 0) is 4.79 Å². The van der Waals surface area contributed by atoms with E-state index >= 15 is 0 Å². The van der Waals surface area contributed by atoms with Crippen LogP contribution >= 0.6 is 11.6 Å². The van der Waals surface area contributed by atoms with E-state index in [4.69, 9.17) is 17.3 Å². The van der Waals surface area contributed by atoms with Crippen LogP contribution < -0.4 is 11.1 Å². The second kappa shape index (κ2) is 6.26. The first-order chi connectivity index (χ1) is 8.49. The first-order valence-electron chi connectivity index (χ1n) is 5.54. The van der Waals surface area contributed by atoms with Crippen molar-refractivity contribution in [2.24, 2.45) is 0 Å². The van der Waals surface area contributed by atoms with Crippen molar-refractivity contribution in [2.45, 2.75) is 6.92 Å². The van der Waals surface area contributed by atoms with Gasteiger partial charge < -0.3 is 16.0 Å². The number of nitrogen functional groups attached to an aromatic ring is 1. The molecule has 0 aliphatic heterocycles. The number of rotatable bonds is 4. The van der Waals surface area contributed by atoms with Gasteiger partial charge in [0.25, 0.3) is 5.91 Å². The Morgan fingerprint density at radius 1 is 1.44 bits per heavy atom. The van der Waals surface area contributed by atoms with E-state index in [2.05, 4.69) is 5.32 Å². The van der Waals surface area contributed by atoms with E-state index in [1.165, 1.54) is 18.0 Å². The lowest BCUT2D eigenvalue weighted by atomic mass is 10.2. The summed E-state index contributed by atoms with van der Waals surface area (Å²) < 4.78 is 0. The van der Waals surface area contributed by atoms with Crippen molar-refractivity contribution in [3.8, 4) is 0 Å². The van der Waals surface area contributed by atoms with Crippen LogP contribution in [0.25, 0.3) is 0 Å². The molecule has 1 rings (SSSR count). The minimum absolute atomic E-state index is 0.0217. The molecule has 0 saturated heterocycles. The van der Waals surface area contributed by atoms with Crippen molar-refractivity contribution in [3.63, 3.8) is 0 Å². The van der Waals surface area contributed by atoms with Gasteiger partial charge in [-0.3, -0.25) is 9.59 Å². The first kappa shape index (κ1) is 14.3. The molecule has 98 valence electrons. The molecule has 6 heteroatoms. The van der Waals surface area contributed by atoms with E-state index in [0.717, 1.165) is 0 Å². The quantitative estimate of drug-likeness (QED) is 0.805. The van der Waals surface area contributed by atoms with Crippen molar-refractivity contribution in [2.75, 3.05) is 25.9 Å². The van der Waals surface area contributed by atoms with Crippen molar-refractivity contribution in [1.29, 1.82) is 0 Å². The topological polar surface area (TPSA) is 75.4 Å². The molecule has 0 saturated carbocycles. The highest BCUT2D eigenvalue weighted by Gasteiger charge is 2.17. The predicted molar refractivity (Wildman–Crippen MR) is 71.5 cm³/mol. The third-order valence-corrected chi connectivity index (χ3v) is 2.86. The van der Waals surface area contributed by atoms with Crippen LogP contribution in [0.4, 0.5) is 5.69 Å². The third kappa shape index (κ3) is 3.37. The maximum atomic E-state index is 12.1. The van der Waals surface area contributed by atoms with Crippen LogP contribution in [0.1, 0.15) is 17.3 Å². The van der Waals surface area contributed by atoms with Crippen molar-refractivity contribution in [3.05, 3.63) is 28.8 Å². The Labute approximate surface area is 111 Å². The van der Waals surface area contributed by atoms with Gasteiger partial charge in [-0.05, 0) is 25.1 Å². The van der Waals surface area contributed by atoms with Gasteiger partial charge in [-0.15, -0.1) is 0 Å². The number of nitrogens with zero attached hydrogens (tertiary/aromatic N) is 1. The molecule has 0 spiro atoms. The Morgan fingerprint density at radius 2 is 2.11 bits per heavy atom. The maximum absolute atomic E-state index is 12.1. The van der Waals surface area contributed by atoms with E-state index in [-0.39, 0.29) is 18.4 Å². The van der Waals surface area contributed by atoms with Gasteiger partial charge in [0.15, 0.2) is 0 Å². The molecule has 0 aromatic heterocycles. The lowest BCUT2D eigenvalue weighted by molar-refractivity contribution is -0.121. The minimum atomic E-state index is -0.247. The number of nitrogens with two attached hydrogens (primary N) is 1. The number of hydrogen-bond donors (Lipinski definition) is 2. The molecule has 18 heavy (non-hydrogen) atoms. The average Bonchev–Trinajstić information content (AvgIpc) is 2.38. The Balaban J connectivity index is 2.89. The lowest BCUT2D eigenvalue weighted by Gasteiger charge is -2.20. The molecule has 0 atom stereocenters. The van der Waals surface area contributed by atoms with E-state index in [9.17, 15) is 9.59 Å². The van der Waals surface area contributed by atoms with Crippen molar-refractivity contribution < 1.29 is 9.59 Å². The lowest BCUT2D eigenvalue weighted by Crippen LogP contribution is -2.39. The standard InChI is InChI=1S/C12H16ClN3O2/c1-3-16(7-11(17)15-2)12(18)8-4-5-10(14)9(13)6-8/h4-6H,3,7,14H2,1-2H3,(H,15,17). The number of halogens is 1. The maximum Gasteiger partial charge on any atom is 0.254 e. The Hall–Kier alpha value is -1.75. The second-order valence-corrected chi connectivity index (χ2v) is 4.14. The number of benzene rings is 1. The Bertz CT molecular complexity index is 463. The van der Waals surface area contributed by atoms with Crippen LogP contribution in [0.15, 0.2) is 18.2 Å². The third-order valence-electron chi connectivity index (χ3n) is 2.53. The highest BCUT2D eigenvalue weighted by molar-refractivity contribution is 6.33. The molecule has 1 aromatic carbocycles. The molecule has 0 aliphatic carbocycles. The van der Waals surface area contributed by atoms with E-state index in [1.54, 1.807) is 19.1 Å². The number of likely N-dealkylation sites (N-methyl/N-ethyl adjacent to an activating group) is 2. The second-order valence-electron chi connectivity index (χ2n) is 3.73. The molecule has 0 bridgehead atoms. The number of amides is 2. The summed E-state index contributed by atoms with van der Waals surface area (Å²) in [6.45, 7) is 2.27. The van der Waals surface area contributed by atoms with Gasteiger partial charge in [0, 0.05) is 19.2 Å². The Morgan fingerprint density at radius 3 is 2.61 bits per heavy atom. The molecular weight excluding hydrogens is 254 g/mol. The number of hydrogen-bond acceptors (Lipinski definition) is 3. The number of carbonyl (C=O) groups is 2. The zero-order valence-electron chi connectivity index (χ0n) is 10.4. The minimum Gasteiger partial charge on any atom is -0.398 e. The molecule has 5 nitrogen and oxygen atoms in total. The van der Waals surface area contributed by atoms with Crippen LogP contribution in [0.3, 0.4) is 0 Å². The summed E-state index contributed by atoms with van der Waals surface area (Å²) in [4.78, 5) is 24.9. The van der Waals surface area contributed by atoms with Gasteiger partial charge in [-0.1, -0.05) is 11.6 Å². The summed E-state index contributed by atoms with van der Waals surface area (Å²) in [5.74, 6) is -0.463. The average molecular weight is 270 g/mol. The number of nitrogens with one attached hydrogen (secondary N) is 1. The summed E-state index contributed by atoms with van der Waals surface area (Å²) >= 11 is 5.86. The Kier molecular flexibility index (Phi) is 4.97. The first-order valence-corrected chi connectivity index (χ1v) is 5.92. The summed E-state index contributed by atoms with van der Waals surface area (Å²) in [6, 6.07) is 4.67. The zero-order chi connectivity index (χ0) is 13.7. The van der Waals surface area contributed by atoms with E-state index in [0.29, 0.717) is 22.8 Å². The highest BCUT2D eigenvalue weighted by Crippen LogP contribution is 2.20. The van der Waals surface area contributed by atoms with Gasteiger partial charge in [-0.25, -0.2) is 0 Å². The summed E-state index contributed by atoms with van der Waals surface area (Å²) in [7, 11) is 1.53. The fraction of sp³-hybridized carbons (Fsp3) is 0.333. The molecule has 2 amide bonds. The van der Waals surface area contributed by atoms with Gasteiger partial charge in [0.1, 0.15) is 0 Å². The normalized spacial score (nSPS) is 9.94. The number of anilines is 1. The fourth-order valence-corrected chi connectivity index (χ4v) is 1.60. The molecule has 0 radical (unpaired) electrons. The van der Waals surface area contributed by atoms with Crippen LogP contribution in [-0.4, -0.2) is 36.9 Å². The molecule has 0 fully saturated rings. The molecule has 3 N–H and O–H groups in total. The number of carbonyl (C=O) groups excluding carboxylic acids is 2. The van der Waals surface area contributed by atoms with E-state index < -0.39 is 0 Å². The molecule has 0 heterocycles. The van der Waals surface area contributed by atoms with Crippen LogP contribution in [0.5, 0.6) is 0 Å². The summed E-state index contributed by atoms with van der Waals surface area (Å²) in [5.41, 5.74) is 6.41. The fourth-order valence-electron chi connectivity index (χ4n) is 1.42. The molecule has 1 aromatic rings. The largest absolute Gasteiger partial charge is 0.398 e. The van der Waals surface area contributed by atoms with E-state index in [1.807, 2.05) is 0 Å². The van der Waals surface area contributed by atoms with Gasteiger partial charge in [0.05, 0.1) is 17.3 Å². The monoisotopic (exact) mass is 269 g/mol. The predicted octanol–water partition coefficient (Wildman–Crippen LogP) is 1.13. The summed E-state index contributed by atoms with van der Waals surface area (Å²) in [6.07, 6.45) is 0. The smallest absolute Gasteiger partial charge is 0.254 e. The van der Waals surface area contributed by atoms with Crippen LogP contribution in [0, 0.1) is 0 Å². The molecular formula is C12H16ClN3O2. The van der Waals surface area contributed by atoms with Crippen molar-refractivity contribution >= 4 is 29.1 Å². The van der Waals surface area contributed by atoms with Crippen LogP contribution in [0.2, 0.25) is 5.02 Å². The highest BCUT2D eigenvalue weighted by atomic mass is 35.5.